The Morgan fingerprint density at radius 1 is 1.17 bits per heavy atom. The Morgan fingerprint density at radius 2 is 1.79 bits per heavy atom. The predicted molar refractivity (Wildman–Crippen MR) is 86.9 cm³/mol. The Balaban J connectivity index is 2.34. The van der Waals surface area contributed by atoms with E-state index in [-0.39, 0.29) is 22.0 Å². The largest absolute Gasteiger partial charge is 0.489 e. The summed E-state index contributed by atoms with van der Waals surface area (Å²) in [7, 11) is 2.46. The molecule has 0 spiro atoms. The molecular formula is C16H14N2O5S. The molecule has 0 fully saturated rings. The number of ether oxygens (including phenoxy) is 3. The van der Waals surface area contributed by atoms with Crippen LogP contribution in [0.5, 0.6) is 5.75 Å². The molecule has 0 atom stereocenters. The fraction of sp³-hybridized carbons (Fsp3) is 0.188. The Kier molecular flexibility index (Phi) is 5.39. The van der Waals surface area contributed by atoms with Gasteiger partial charge in [-0.1, -0.05) is 0 Å². The van der Waals surface area contributed by atoms with Crippen molar-refractivity contribution in [1.29, 1.82) is 5.26 Å². The molecule has 124 valence electrons. The molecular weight excluding hydrogens is 332 g/mol. The van der Waals surface area contributed by atoms with Gasteiger partial charge in [-0.25, -0.2) is 9.59 Å². The summed E-state index contributed by atoms with van der Waals surface area (Å²) in [6.07, 6.45) is 0. The van der Waals surface area contributed by atoms with Crippen LogP contribution < -0.4 is 10.5 Å². The van der Waals surface area contributed by atoms with Crippen molar-refractivity contribution < 1.29 is 23.8 Å². The average Bonchev–Trinajstić information content (AvgIpc) is 2.95. The maximum absolute atomic E-state index is 11.9. The molecule has 8 heteroatoms. The summed E-state index contributed by atoms with van der Waals surface area (Å²) in [6.45, 7) is -0.0749. The van der Waals surface area contributed by atoms with Gasteiger partial charge in [-0.05, 0) is 24.3 Å². The van der Waals surface area contributed by atoms with Crippen LogP contribution in [0, 0.1) is 11.3 Å². The lowest BCUT2D eigenvalue weighted by Gasteiger charge is -2.09. The number of methoxy groups -OCH3 is 2. The molecule has 0 aliphatic heterocycles. The first-order valence-electron chi connectivity index (χ1n) is 6.72. The fourth-order valence-corrected chi connectivity index (χ4v) is 2.97. The Bertz CT molecular complexity index is 805. The number of esters is 2. The zero-order valence-corrected chi connectivity index (χ0v) is 13.8. The first-order valence-corrected chi connectivity index (χ1v) is 7.54. The van der Waals surface area contributed by atoms with E-state index >= 15 is 0 Å². The maximum Gasteiger partial charge on any atom is 0.348 e. The summed E-state index contributed by atoms with van der Waals surface area (Å²) in [6, 6.07) is 8.43. The summed E-state index contributed by atoms with van der Waals surface area (Å²) in [5, 5.41) is 8.94. The number of benzene rings is 1. The van der Waals surface area contributed by atoms with Crippen molar-refractivity contribution in [1.82, 2.24) is 0 Å². The molecule has 2 rings (SSSR count). The van der Waals surface area contributed by atoms with E-state index in [0.717, 1.165) is 11.3 Å². The first-order chi connectivity index (χ1) is 11.5. The Morgan fingerprint density at radius 3 is 2.33 bits per heavy atom. The minimum Gasteiger partial charge on any atom is -0.489 e. The van der Waals surface area contributed by atoms with E-state index in [4.69, 9.17) is 25.2 Å². The smallest absolute Gasteiger partial charge is 0.348 e. The zero-order chi connectivity index (χ0) is 17.7. The highest BCUT2D eigenvalue weighted by molar-refractivity contribution is 7.18. The van der Waals surface area contributed by atoms with Crippen molar-refractivity contribution >= 4 is 28.3 Å². The molecule has 2 aromatic rings. The van der Waals surface area contributed by atoms with Gasteiger partial charge in [-0.15, -0.1) is 11.3 Å². The number of hydrogen-bond acceptors (Lipinski definition) is 8. The van der Waals surface area contributed by atoms with Gasteiger partial charge in [0.1, 0.15) is 27.8 Å². The normalized spacial score (nSPS) is 9.88. The molecule has 2 N–H and O–H groups in total. The van der Waals surface area contributed by atoms with Crippen LogP contribution in [-0.4, -0.2) is 26.2 Å². The van der Waals surface area contributed by atoms with Gasteiger partial charge in [0.2, 0.25) is 0 Å². The molecule has 0 unspecified atom stereocenters. The van der Waals surface area contributed by atoms with E-state index in [1.165, 1.54) is 14.2 Å². The van der Waals surface area contributed by atoms with Gasteiger partial charge in [0.25, 0.3) is 0 Å². The van der Waals surface area contributed by atoms with Crippen LogP contribution in [0.4, 0.5) is 5.00 Å². The Hall–Kier alpha value is -3.05. The molecule has 0 saturated carbocycles. The number of nitrogen functional groups attached to an aromatic ring is 1. The van der Waals surface area contributed by atoms with Crippen LogP contribution in [-0.2, 0) is 16.1 Å². The van der Waals surface area contributed by atoms with Gasteiger partial charge in [0.15, 0.2) is 0 Å². The second-order valence-electron chi connectivity index (χ2n) is 4.56. The molecule has 0 radical (unpaired) electrons. The van der Waals surface area contributed by atoms with Crippen molar-refractivity contribution in [3.63, 3.8) is 0 Å². The summed E-state index contributed by atoms with van der Waals surface area (Å²) in [5.74, 6) is -0.789. The van der Waals surface area contributed by atoms with Crippen LogP contribution in [0.15, 0.2) is 24.3 Å². The van der Waals surface area contributed by atoms with E-state index in [9.17, 15) is 9.59 Å². The van der Waals surface area contributed by atoms with Crippen molar-refractivity contribution in [2.45, 2.75) is 6.61 Å². The van der Waals surface area contributed by atoms with Gasteiger partial charge >= 0.3 is 11.9 Å². The van der Waals surface area contributed by atoms with Gasteiger partial charge in [-0.3, -0.25) is 0 Å². The maximum atomic E-state index is 11.9. The molecule has 1 aromatic heterocycles. The first kappa shape index (κ1) is 17.3. The van der Waals surface area contributed by atoms with Gasteiger partial charge in [-0.2, -0.15) is 5.26 Å². The second-order valence-corrected chi connectivity index (χ2v) is 5.61. The topological polar surface area (TPSA) is 112 Å². The number of nitriles is 1. The molecule has 1 aromatic carbocycles. The molecule has 1 heterocycles. The van der Waals surface area contributed by atoms with E-state index < -0.39 is 11.9 Å². The van der Waals surface area contributed by atoms with Gasteiger partial charge < -0.3 is 19.9 Å². The quantitative estimate of drug-likeness (QED) is 0.827. The lowest BCUT2D eigenvalue weighted by Crippen LogP contribution is -2.11. The van der Waals surface area contributed by atoms with E-state index in [1.54, 1.807) is 24.3 Å². The fourth-order valence-electron chi connectivity index (χ4n) is 1.99. The number of anilines is 1. The minimum absolute atomic E-state index is 0.0749. The standard InChI is InChI=1S/C16H14N2O5S/c1-21-15(19)12-11(13(16(20)22-2)24-14(12)18)8-23-10-5-3-9(7-17)4-6-10/h3-6H,8,18H2,1-2H3. The summed E-state index contributed by atoms with van der Waals surface area (Å²) >= 11 is 0.938. The van der Waals surface area contributed by atoms with Crippen molar-refractivity contribution in [2.75, 3.05) is 20.0 Å². The molecule has 0 aliphatic rings. The van der Waals surface area contributed by atoms with Gasteiger partial charge in [0.05, 0.1) is 25.9 Å². The van der Waals surface area contributed by atoms with E-state index in [0.29, 0.717) is 16.9 Å². The number of hydrogen-bond donors (Lipinski definition) is 1. The third-order valence-electron chi connectivity index (χ3n) is 3.16. The number of nitrogens with zero attached hydrogens (tertiary/aromatic N) is 1. The zero-order valence-electron chi connectivity index (χ0n) is 13.0. The third-order valence-corrected chi connectivity index (χ3v) is 4.20. The molecule has 7 nitrogen and oxygen atoms in total. The molecule has 0 amide bonds. The monoisotopic (exact) mass is 346 g/mol. The van der Waals surface area contributed by atoms with Crippen LogP contribution in [0.1, 0.15) is 31.2 Å². The number of carbonyl (C=O) groups excluding carboxylic acids is 2. The van der Waals surface area contributed by atoms with Crippen molar-refractivity contribution in [2.24, 2.45) is 0 Å². The molecule has 0 saturated heterocycles. The number of thiophene rings is 1. The summed E-state index contributed by atoms with van der Waals surface area (Å²) in [5.41, 5.74) is 6.73. The van der Waals surface area contributed by atoms with E-state index in [2.05, 4.69) is 0 Å². The van der Waals surface area contributed by atoms with Gasteiger partial charge in [0, 0.05) is 5.56 Å². The van der Waals surface area contributed by atoms with Crippen LogP contribution in [0.25, 0.3) is 0 Å². The molecule has 24 heavy (non-hydrogen) atoms. The van der Waals surface area contributed by atoms with Crippen molar-refractivity contribution in [3.05, 3.63) is 45.8 Å². The van der Waals surface area contributed by atoms with Crippen LogP contribution in [0.3, 0.4) is 0 Å². The highest BCUT2D eigenvalue weighted by Gasteiger charge is 2.27. The highest BCUT2D eigenvalue weighted by atomic mass is 32.1. The summed E-state index contributed by atoms with van der Waals surface area (Å²) in [4.78, 5) is 24.0. The van der Waals surface area contributed by atoms with E-state index in [1.807, 2.05) is 6.07 Å². The average molecular weight is 346 g/mol. The third kappa shape index (κ3) is 3.47. The number of nitrogens with two attached hydrogens (primary N) is 1. The highest BCUT2D eigenvalue weighted by Crippen LogP contribution is 2.33. The lowest BCUT2D eigenvalue weighted by atomic mass is 10.1. The number of carbonyl (C=O) groups is 2. The lowest BCUT2D eigenvalue weighted by molar-refractivity contribution is 0.0599. The number of rotatable bonds is 5. The SMILES string of the molecule is COC(=O)c1sc(N)c(C(=O)OC)c1COc1ccc(C#N)cc1. The summed E-state index contributed by atoms with van der Waals surface area (Å²) < 4.78 is 15.0. The Labute approximate surface area is 142 Å². The second kappa shape index (κ2) is 7.48. The predicted octanol–water partition coefficient (Wildman–Crippen LogP) is 2.35. The van der Waals surface area contributed by atoms with Crippen molar-refractivity contribution in [3.8, 4) is 11.8 Å². The molecule has 0 aliphatic carbocycles. The molecule has 0 bridgehead atoms. The minimum atomic E-state index is -0.655. The van der Waals surface area contributed by atoms with Crippen LogP contribution >= 0.6 is 11.3 Å². The van der Waals surface area contributed by atoms with Crippen LogP contribution in [0.2, 0.25) is 0 Å².